The highest BCUT2D eigenvalue weighted by Crippen LogP contribution is 2.49. The molecule has 0 saturated carbocycles. The lowest BCUT2D eigenvalue weighted by molar-refractivity contribution is -0.276. The van der Waals surface area contributed by atoms with Crippen molar-refractivity contribution in [2.24, 2.45) is 0 Å². The van der Waals surface area contributed by atoms with Crippen molar-refractivity contribution in [3.8, 4) is 0 Å². The maximum Gasteiger partial charge on any atom is 0.470 e. The van der Waals surface area contributed by atoms with Gasteiger partial charge in [0.15, 0.2) is 6.29 Å². The smallest absolute Gasteiger partial charge is 0.394 e. The summed E-state index contributed by atoms with van der Waals surface area (Å²) >= 11 is 0. The summed E-state index contributed by atoms with van der Waals surface area (Å²) in [6, 6.07) is 0. The van der Waals surface area contributed by atoms with Gasteiger partial charge in [-0.3, -0.25) is 13.6 Å². The van der Waals surface area contributed by atoms with Crippen LogP contribution in [0.4, 0.5) is 0 Å². The summed E-state index contributed by atoms with van der Waals surface area (Å²) in [6.45, 7) is -1.06. The predicted octanol–water partition coefficient (Wildman–Crippen LogP) is -2.87. The summed E-state index contributed by atoms with van der Waals surface area (Å²) in [7, 11) is -16.1. The average Bonchev–Trinajstić information content (AvgIpc) is 2.32. The second-order valence-corrected chi connectivity index (χ2v) is 8.01. The van der Waals surface area contributed by atoms with Crippen LogP contribution in [0.3, 0.4) is 0 Å². The molecule has 8 N–H and O–H groups in total. The van der Waals surface area contributed by atoms with Gasteiger partial charge < -0.3 is 44.3 Å². The minimum Gasteiger partial charge on any atom is -0.394 e. The fourth-order valence-corrected chi connectivity index (χ4v) is 3.55. The number of phosphoric acid groups is 3. The van der Waals surface area contributed by atoms with E-state index in [1.165, 1.54) is 0 Å². The Morgan fingerprint density at radius 1 is 0.750 bits per heavy atom. The Morgan fingerprint density at radius 3 is 1.50 bits per heavy atom. The first kappa shape index (κ1) is 22.3. The fourth-order valence-electron chi connectivity index (χ4n) is 1.88. The molecule has 1 saturated heterocycles. The van der Waals surface area contributed by atoms with Crippen LogP contribution in [-0.2, 0) is 32.0 Å². The standard InChI is InChI=1S/C6H15O15P3/c7-1-2-3(19-22(9,10)11)4(20-23(12,13)14)5(6(8)18-2)21-24(15,16)17/h2-8H,1H2,(H2,9,10,11)(H2,12,13,14)(H2,15,16,17)/t2-,3-,4+,5-,6+/m1/s1. The molecule has 0 spiro atoms. The van der Waals surface area contributed by atoms with Gasteiger partial charge in [0.05, 0.1) is 6.61 Å². The number of rotatable bonds is 7. The Labute approximate surface area is 133 Å². The van der Waals surface area contributed by atoms with Crippen LogP contribution in [0, 0.1) is 0 Å². The van der Waals surface area contributed by atoms with Gasteiger partial charge in [-0.05, 0) is 0 Å². The number of aliphatic hydroxyl groups is 2. The number of ether oxygens (including phenoxy) is 1. The Bertz CT molecular complexity index is 560. The van der Waals surface area contributed by atoms with E-state index in [2.05, 4.69) is 18.3 Å². The number of hydrogen-bond donors (Lipinski definition) is 8. The predicted molar refractivity (Wildman–Crippen MR) is 68.7 cm³/mol. The summed E-state index contributed by atoms with van der Waals surface area (Å²) < 4.78 is 50.0. The van der Waals surface area contributed by atoms with E-state index < -0.39 is 60.8 Å². The van der Waals surface area contributed by atoms with Gasteiger partial charge in [0.2, 0.25) is 0 Å². The first-order valence-corrected chi connectivity index (χ1v) is 10.4. The molecule has 1 aliphatic rings. The quantitative estimate of drug-likeness (QED) is 0.193. The van der Waals surface area contributed by atoms with Crippen molar-refractivity contribution in [3.05, 3.63) is 0 Å². The fraction of sp³-hybridized carbons (Fsp3) is 1.00. The summed E-state index contributed by atoms with van der Waals surface area (Å²) in [5.74, 6) is 0. The summed E-state index contributed by atoms with van der Waals surface area (Å²) in [5, 5.41) is 18.7. The zero-order valence-corrected chi connectivity index (χ0v) is 14.1. The van der Waals surface area contributed by atoms with Crippen molar-refractivity contribution in [2.45, 2.75) is 30.7 Å². The van der Waals surface area contributed by atoms with Crippen molar-refractivity contribution in [1.29, 1.82) is 0 Å². The van der Waals surface area contributed by atoms with Gasteiger partial charge in [0.1, 0.15) is 24.4 Å². The van der Waals surface area contributed by atoms with Crippen molar-refractivity contribution >= 4 is 23.5 Å². The molecule has 0 aromatic heterocycles. The molecule has 0 aromatic rings. The van der Waals surface area contributed by atoms with E-state index in [1.807, 2.05) is 0 Å². The van der Waals surface area contributed by atoms with Crippen molar-refractivity contribution in [1.82, 2.24) is 0 Å². The summed E-state index contributed by atoms with van der Waals surface area (Å²) in [4.78, 5) is 52.9. The number of phosphoric ester groups is 3. The first-order chi connectivity index (χ1) is 10.6. The van der Waals surface area contributed by atoms with Crippen LogP contribution >= 0.6 is 23.5 Å². The van der Waals surface area contributed by atoms with Gasteiger partial charge in [-0.25, -0.2) is 13.7 Å². The Balaban J connectivity index is 3.27. The second kappa shape index (κ2) is 7.84. The molecule has 144 valence electrons. The van der Waals surface area contributed by atoms with Gasteiger partial charge in [-0.2, -0.15) is 0 Å². The highest BCUT2D eigenvalue weighted by molar-refractivity contribution is 7.47. The van der Waals surface area contributed by atoms with Crippen molar-refractivity contribution in [2.75, 3.05) is 6.61 Å². The largest absolute Gasteiger partial charge is 0.470 e. The molecular weight excluding hydrogens is 405 g/mol. The molecule has 1 fully saturated rings. The van der Waals surface area contributed by atoms with Crippen LogP contribution in [0.15, 0.2) is 0 Å². The molecule has 0 aliphatic carbocycles. The Morgan fingerprint density at radius 2 is 1.12 bits per heavy atom. The zero-order valence-electron chi connectivity index (χ0n) is 11.4. The minimum atomic E-state index is -5.42. The van der Waals surface area contributed by atoms with Crippen molar-refractivity contribution in [3.63, 3.8) is 0 Å². The Kier molecular flexibility index (Phi) is 7.27. The maximum atomic E-state index is 11.0. The molecule has 0 amide bonds. The maximum absolute atomic E-state index is 11.0. The molecule has 0 aromatic carbocycles. The SMILES string of the molecule is O=P(O)(O)O[C@@H]1[C@@H](OP(=O)(O)O)[C@@H](O)O[C@H](CO)[C@H]1OP(=O)(O)O. The van der Waals surface area contributed by atoms with E-state index in [-0.39, 0.29) is 0 Å². The van der Waals surface area contributed by atoms with E-state index in [9.17, 15) is 18.8 Å². The Hall–Kier alpha value is 0.210. The van der Waals surface area contributed by atoms with Crippen LogP contribution in [-0.4, -0.2) is 76.9 Å². The molecule has 18 heteroatoms. The number of aliphatic hydroxyl groups excluding tert-OH is 2. The normalized spacial score (nSPS) is 32.8. The number of hydrogen-bond acceptors (Lipinski definition) is 9. The monoisotopic (exact) mass is 420 g/mol. The van der Waals surface area contributed by atoms with Crippen molar-refractivity contribution < 1.29 is 71.6 Å². The van der Waals surface area contributed by atoms with E-state index >= 15 is 0 Å². The molecular formula is C6H15O15P3. The van der Waals surface area contributed by atoms with Gasteiger partial charge in [0.25, 0.3) is 0 Å². The third-order valence-electron chi connectivity index (χ3n) is 2.57. The van der Waals surface area contributed by atoms with Crippen LogP contribution in [0.2, 0.25) is 0 Å². The van der Waals surface area contributed by atoms with Gasteiger partial charge in [-0.1, -0.05) is 0 Å². The summed E-state index contributed by atoms with van der Waals surface area (Å²) in [6.07, 6.45) is -10.9. The third-order valence-corrected chi connectivity index (χ3v) is 4.12. The topological polar surface area (TPSA) is 250 Å². The molecule has 1 heterocycles. The van der Waals surface area contributed by atoms with E-state index in [1.54, 1.807) is 0 Å². The van der Waals surface area contributed by atoms with Crippen LogP contribution in [0.5, 0.6) is 0 Å². The lowest BCUT2D eigenvalue weighted by Gasteiger charge is -2.43. The molecule has 15 nitrogen and oxygen atoms in total. The third kappa shape index (κ3) is 7.22. The molecule has 0 radical (unpaired) electrons. The zero-order chi connectivity index (χ0) is 18.9. The highest BCUT2D eigenvalue weighted by Gasteiger charge is 2.53. The average molecular weight is 420 g/mol. The molecule has 1 rings (SSSR count). The van der Waals surface area contributed by atoms with Gasteiger partial charge >= 0.3 is 23.5 Å². The highest BCUT2D eigenvalue weighted by atomic mass is 31.2. The molecule has 0 bridgehead atoms. The van der Waals surface area contributed by atoms with E-state index in [0.717, 1.165) is 0 Å². The van der Waals surface area contributed by atoms with Crippen LogP contribution in [0.1, 0.15) is 0 Å². The lowest BCUT2D eigenvalue weighted by atomic mass is 9.99. The van der Waals surface area contributed by atoms with Crippen LogP contribution in [0.25, 0.3) is 0 Å². The molecule has 0 unspecified atom stereocenters. The van der Waals surface area contributed by atoms with E-state index in [0.29, 0.717) is 0 Å². The van der Waals surface area contributed by atoms with Gasteiger partial charge in [-0.15, -0.1) is 0 Å². The second-order valence-electron chi connectivity index (χ2n) is 4.43. The minimum absolute atomic E-state index is 1.06. The molecule has 1 aliphatic heterocycles. The van der Waals surface area contributed by atoms with Gasteiger partial charge in [0, 0.05) is 0 Å². The van der Waals surface area contributed by atoms with Crippen LogP contribution < -0.4 is 0 Å². The molecule has 5 atom stereocenters. The first-order valence-electron chi connectivity index (χ1n) is 5.79. The molecule has 24 heavy (non-hydrogen) atoms. The lowest BCUT2D eigenvalue weighted by Crippen LogP contribution is -2.60. The van der Waals surface area contributed by atoms with E-state index in [4.69, 9.17) is 34.5 Å². The summed E-state index contributed by atoms with van der Waals surface area (Å²) in [5.41, 5.74) is 0.